The van der Waals surface area contributed by atoms with Crippen LogP contribution >= 0.6 is 11.3 Å². The molecule has 0 fully saturated rings. The van der Waals surface area contributed by atoms with Crippen molar-refractivity contribution in [2.75, 3.05) is 0 Å². The minimum absolute atomic E-state index is 0.0122. The molecular formula is C15H8N4O4S. The van der Waals surface area contributed by atoms with Crippen molar-refractivity contribution in [1.82, 2.24) is 14.6 Å². The second kappa shape index (κ2) is 5.39. The summed E-state index contributed by atoms with van der Waals surface area (Å²) in [5.41, 5.74) is 0.316. The van der Waals surface area contributed by atoms with Gasteiger partial charge in [0, 0.05) is 23.8 Å². The summed E-state index contributed by atoms with van der Waals surface area (Å²) in [5, 5.41) is 14.7. The van der Waals surface area contributed by atoms with Crippen LogP contribution in [0.3, 0.4) is 0 Å². The standard InChI is InChI=1S/C15H8N4O4S/c20-14-13(24-15-16-8-17-18(14)15)7-11-4-5-12(23-11)9-2-1-3-10(6-9)19(21)22/h1-8H. The number of fused-ring (bicyclic) bond motifs is 1. The number of furan rings is 1. The zero-order valence-electron chi connectivity index (χ0n) is 11.9. The predicted molar refractivity (Wildman–Crippen MR) is 86.7 cm³/mol. The number of benzene rings is 1. The van der Waals surface area contributed by atoms with Crippen molar-refractivity contribution < 1.29 is 9.34 Å². The molecule has 4 aromatic rings. The zero-order valence-corrected chi connectivity index (χ0v) is 12.8. The second-order valence-corrected chi connectivity index (χ2v) is 5.89. The third kappa shape index (κ3) is 2.36. The van der Waals surface area contributed by atoms with Crippen LogP contribution in [0.25, 0.3) is 22.4 Å². The van der Waals surface area contributed by atoms with E-state index < -0.39 is 4.92 Å². The highest BCUT2D eigenvalue weighted by Crippen LogP contribution is 2.25. The van der Waals surface area contributed by atoms with Crippen LogP contribution < -0.4 is 10.1 Å². The minimum atomic E-state index is -0.461. The number of hydrogen-bond acceptors (Lipinski definition) is 7. The van der Waals surface area contributed by atoms with E-state index in [1.807, 2.05) is 0 Å². The van der Waals surface area contributed by atoms with Gasteiger partial charge in [-0.15, -0.1) is 0 Å². The molecule has 0 unspecified atom stereocenters. The third-order valence-corrected chi connectivity index (χ3v) is 4.34. The predicted octanol–water partition coefficient (Wildman–Crippen LogP) is 1.87. The Hall–Kier alpha value is -3.33. The molecule has 0 amide bonds. The smallest absolute Gasteiger partial charge is 0.291 e. The highest BCUT2D eigenvalue weighted by Gasteiger charge is 2.10. The van der Waals surface area contributed by atoms with Crippen LogP contribution in [0.5, 0.6) is 0 Å². The highest BCUT2D eigenvalue weighted by molar-refractivity contribution is 7.15. The number of nitro groups is 1. The van der Waals surface area contributed by atoms with Gasteiger partial charge in [0.05, 0.1) is 4.92 Å². The van der Waals surface area contributed by atoms with Gasteiger partial charge in [0.15, 0.2) is 0 Å². The molecule has 0 N–H and O–H groups in total. The molecular weight excluding hydrogens is 332 g/mol. The third-order valence-electron chi connectivity index (χ3n) is 3.36. The first-order valence-corrected chi connectivity index (χ1v) is 7.62. The molecule has 0 bridgehead atoms. The molecule has 0 radical (unpaired) electrons. The maximum Gasteiger partial charge on any atom is 0.291 e. The summed E-state index contributed by atoms with van der Waals surface area (Å²) in [4.78, 5) is 27.0. The van der Waals surface area contributed by atoms with Gasteiger partial charge >= 0.3 is 0 Å². The van der Waals surface area contributed by atoms with Crippen LogP contribution in [0.1, 0.15) is 5.76 Å². The Kier molecular flexibility index (Phi) is 3.21. The first-order chi connectivity index (χ1) is 11.6. The van der Waals surface area contributed by atoms with E-state index >= 15 is 0 Å². The molecule has 0 saturated heterocycles. The van der Waals surface area contributed by atoms with Gasteiger partial charge in [0.25, 0.3) is 11.2 Å². The minimum Gasteiger partial charge on any atom is -0.457 e. The Morgan fingerprint density at radius 1 is 1.29 bits per heavy atom. The first kappa shape index (κ1) is 14.3. The van der Waals surface area contributed by atoms with Crippen molar-refractivity contribution in [2.24, 2.45) is 0 Å². The summed E-state index contributed by atoms with van der Waals surface area (Å²) >= 11 is 1.21. The molecule has 0 atom stereocenters. The summed E-state index contributed by atoms with van der Waals surface area (Å²) in [6, 6.07) is 9.56. The lowest BCUT2D eigenvalue weighted by Crippen LogP contribution is -2.23. The van der Waals surface area contributed by atoms with Gasteiger partial charge in [-0.25, -0.2) is 4.98 Å². The van der Waals surface area contributed by atoms with Gasteiger partial charge in [-0.2, -0.15) is 9.61 Å². The van der Waals surface area contributed by atoms with E-state index in [9.17, 15) is 14.9 Å². The Morgan fingerprint density at radius 3 is 2.96 bits per heavy atom. The van der Waals surface area contributed by atoms with E-state index in [1.54, 1.807) is 30.3 Å². The largest absolute Gasteiger partial charge is 0.457 e. The van der Waals surface area contributed by atoms with Crippen molar-refractivity contribution in [3.63, 3.8) is 0 Å². The van der Waals surface area contributed by atoms with Crippen molar-refractivity contribution >= 4 is 28.1 Å². The van der Waals surface area contributed by atoms with Crippen LogP contribution in [-0.2, 0) is 0 Å². The van der Waals surface area contributed by atoms with E-state index in [4.69, 9.17) is 4.42 Å². The van der Waals surface area contributed by atoms with Crippen LogP contribution in [-0.4, -0.2) is 19.5 Å². The quantitative estimate of drug-likeness (QED) is 0.416. The van der Waals surface area contributed by atoms with Crippen molar-refractivity contribution in [3.8, 4) is 11.3 Å². The van der Waals surface area contributed by atoms with Crippen LogP contribution in [0.15, 0.2) is 51.9 Å². The van der Waals surface area contributed by atoms with Gasteiger partial charge in [-0.1, -0.05) is 23.5 Å². The van der Waals surface area contributed by atoms with Gasteiger partial charge in [0.2, 0.25) is 4.96 Å². The van der Waals surface area contributed by atoms with Crippen molar-refractivity contribution in [1.29, 1.82) is 0 Å². The molecule has 3 heterocycles. The summed E-state index contributed by atoms with van der Waals surface area (Å²) < 4.78 is 7.35. The number of rotatable bonds is 3. The zero-order chi connectivity index (χ0) is 16.7. The average molecular weight is 340 g/mol. The molecule has 1 aromatic carbocycles. The molecule has 0 aliphatic heterocycles. The number of non-ortho nitro benzene ring substituents is 1. The fraction of sp³-hybridized carbons (Fsp3) is 0. The molecule has 0 aliphatic carbocycles. The SMILES string of the molecule is O=c1c(=Cc2ccc(-c3cccc([N+](=O)[O-])c3)o2)sc2ncnn12. The number of nitrogens with zero attached hydrogens (tertiary/aromatic N) is 4. The van der Waals surface area contributed by atoms with Crippen LogP contribution in [0, 0.1) is 10.1 Å². The molecule has 9 heteroatoms. The van der Waals surface area contributed by atoms with Gasteiger partial charge < -0.3 is 4.42 Å². The second-order valence-electron chi connectivity index (χ2n) is 4.88. The van der Waals surface area contributed by atoms with E-state index in [0.717, 1.165) is 0 Å². The molecule has 8 nitrogen and oxygen atoms in total. The van der Waals surface area contributed by atoms with Crippen molar-refractivity contribution in [3.05, 3.63) is 73.5 Å². The topological polar surface area (TPSA) is 104 Å². The fourth-order valence-electron chi connectivity index (χ4n) is 2.26. The van der Waals surface area contributed by atoms with Gasteiger partial charge in [-0.3, -0.25) is 14.9 Å². The highest BCUT2D eigenvalue weighted by atomic mass is 32.1. The number of aromatic nitrogens is 3. The van der Waals surface area contributed by atoms with Gasteiger partial charge in [0.1, 0.15) is 22.4 Å². The fourth-order valence-corrected chi connectivity index (χ4v) is 3.13. The molecule has 24 heavy (non-hydrogen) atoms. The van der Waals surface area contributed by atoms with E-state index in [-0.39, 0.29) is 11.2 Å². The van der Waals surface area contributed by atoms with Gasteiger partial charge in [-0.05, 0) is 12.1 Å². The molecule has 0 spiro atoms. The molecule has 3 aromatic heterocycles. The Bertz CT molecular complexity index is 1170. The maximum absolute atomic E-state index is 12.1. The number of nitro benzene ring substituents is 1. The number of thiazole rings is 1. The summed E-state index contributed by atoms with van der Waals surface area (Å²) in [6.45, 7) is 0. The lowest BCUT2D eigenvalue weighted by atomic mass is 10.1. The molecule has 0 aliphatic rings. The average Bonchev–Trinajstić information content (AvgIpc) is 3.28. The molecule has 0 saturated carbocycles. The van der Waals surface area contributed by atoms with E-state index in [2.05, 4.69) is 10.1 Å². The lowest BCUT2D eigenvalue weighted by Gasteiger charge is -1.96. The molecule has 4 rings (SSSR count). The normalized spacial score (nSPS) is 12.1. The number of hydrogen-bond donors (Lipinski definition) is 0. The first-order valence-electron chi connectivity index (χ1n) is 6.81. The Morgan fingerprint density at radius 2 is 2.17 bits per heavy atom. The Balaban J connectivity index is 1.75. The van der Waals surface area contributed by atoms with Crippen LogP contribution in [0.2, 0.25) is 0 Å². The van der Waals surface area contributed by atoms with E-state index in [0.29, 0.717) is 26.6 Å². The monoisotopic (exact) mass is 340 g/mol. The summed E-state index contributed by atoms with van der Waals surface area (Å²) in [6.07, 6.45) is 2.93. The summed E-state index contributed by atoms with van der Waals surface area (Å²) in [7, 11) is 0. The lowest BCUT2D eigenvalue weighted by molar-refractivity contribution is -0.384. The Labute approximate surface area is 137 Å². The van der Waals surface area contributed by atoms with Crippen molar-refractivity contribution in [2.45, 2.75) is 0 Å². The molecule has 118 valence electrons. The van der Waals surface area contributed by atoms with Crippen LogP contribution in [0.4, 0.5) is 5.69 Å². The summed E-state index contributed by atoms with van der Waals surface area (Å²) in [5.74, 6) is 0.954. The van der Waals surface area contributed by atoms with E-state index in [1.165, 1.54) is 34.3 Å². The maximum atomic E-state index is 12.1.